The molecule has 0 saturated heterocycles. The minimum Gasteiger partial charge on any atom is -0.462 e. The first kappa shape index (κ1) is 69.6. The number of allylic oxidation sites excluding steroid dienone is 14. The maximum Gasteiger partial charge on any atom is 0.306 e. The van der Waals surface area contributed by atoms with Gasteiger partial charge in [-0.3, -0.25) is 14.4 Å². The minimum atomic E-state index is -0.777. The van der Waals surface area contributed by atoms with Crippen molar-refractivity contribution in [2.24, 2.45) is 0 Å². The smallest absolute Gasteiger partial charge is 0.306 e. The van der Waals surface area contributed by atoms with E-state index < -0.39 is 6.10 Å². The standard InChI is InChI=1S/C67H116O6/c1-4-7-10-13-15-17-19-21-23-24-25-26-27-28-29-30-31-32-33-34-35-36-37-38-39-40-41-42-44-45-47-49-51-54-57-60-66(69)72-63-64(62-71-65(68)59-56-53-12-9-6-3)73-67(70)61-58-55-52-50-48-46-43-22-20-18-16-14-11-8-5-2/h7,10,15-18,21-23,25-26,28-29,43,64H,4-6,8-9,11-14,19-20,24,27,30-42,44-63H2,1-3H3/b10-7-,17-15-,18-16-,23-21-,26-25-,29-28-,43-22-. The molecule has 73 heavy (non-hydrogen) atoms. The molecule has 0 heterocycles. The molecular weight excluding hydrogens is 901 g/mol. The maximum atomic E-state index is 12.8. The second kappa shape index (κ2) is 61.1. The summed E-state index contributed by atoms with van der Waals surface area (Å²) in [5.74, 6) is -0.898. The molecule has 1 atom stereocenters. The topological polar surface area (TPSA) is 78.9 Å². The van der Waals surface area contributed by atoms with Gasteiger partial charge in [0.2, 0.25) is 0 Å². The summed E-state index contributed by atoms with van der Waals surface area (Å²) in [6.07, 6.45) is 80.8. The van der Waals surface area contributed by atoms with Crippen molar-refractivity contribution in [2.75, 3.05) is 13.2 Å². The molecule has 0 aromatic heterocycles. The number of rotatable bonds is 56. The van der Waals surface area contributed by atoms with Gasteiger partial charge in [0.1, 0.15) is 13.2 Å². The maximum absolute atomic E-state index is 12.8. The lowest BCUT2D eigenvalue weighted by Gasteiger charge is -2.18. The van der Waals surface area contributed by atoms with E-state index in [2.05, 4.69) is 106 Å². The van der Waals surface area contributed by atoms with Crippen LogP contribution in [0.2, 0.25) is 0 Å². The van der Waals surface area contributed by atoms with Crippen molar-refractivity contribution in [1.82, 2.24) is 0 Å². The first-order valence-electron chi connectivity index (χ1n) is 31.1. The fourth-order valence-electron chi connectivity index (χ4n) is 8.74. The van der Waals surface area contributed by atoms with Gasteiger partial charge in [-0.2, -0.15) is 0 Å². The molecule has 0 rings (SSSR count). The van der Waals surface area contributed by atoms with Gasteiger partial charge in [-0.15, -0.1) is 0 Å². The van der Waals surface area contributed by atoms with Crippen LogP contribution in [0.1, 0.15) is 303 Å². The van der Waals surface area contributed by atoms with Crippen LogP contribution in [0.4, 0.5) is 0 Å². The predicted molar refractivity (Wildman–Crippen MR) is 316 cm³/mol. The van der Waals surface area contributed by atoms with Crippen molar-refractivity contribution < 1.29 is 28.6 Å². The summed E-state index contributed by atoms with van der Waals surface area (Å²) in [5.41, 5.74) is 0. The van der Waals surface area contributed by atoms with E-state index in [-0.39, 0.29) is 31.1 Å². The van der Waals surface area contributed by atoms with Crippen LogP contribution in [0, 0.1) is 0 Å². The van der Waals surface area contributed by atoms with E-state index in [0.29, 0.717) is 19.3 Å². The van der Waals surface area contributed by atoms with Crippen LogP contribution in [0.25, 0.3) is 0 Å². The largest absolute Gasteiger partial charge is 0.462 e. The summed E-state index contributed by atoms with van der Waals surface area (Å²) < 4.78 is 16.7. The number of hydrogen-bond acceptors (Lipinski definition) is 6. The van der Waals surface area contributed by atoms with Crippen LogP contribution in [0.5, 0.6) is 0 Å². The Morgan fingerprint density at radius 1 is 0.288 bits per heavy atom. The molecular formula is C67H116O6. The summed E-state index contributed by atoms with van der Waals surface area (Å²) >= 11 is 0. The molecule has 0 aliphatic carbocycles. The van der Waals surface area contributed by atoms with Gasteiger partial charge in [0.15, 0.2) is 6.10 Å². The molecule has 1 unspecified atom stereocenters. The zero-order chi connectivity index (χ0) is 52.9. The van der Waals surface area contributed by atoms with Crippen molar-refractivity contribution >= 4 is 17.9 Å². The fraction of sp³-hybridized carbons (Fsp3) is 0.746. The molecule has 0 aromatic carbocycles. The van der Waals surface area contributed by atoms with Gasteiger partial charge in [-0.05, 0) is 96.3 Å². The van der Waals surface area contributed by atoms with E-state index in [1.54, 1.807) is 0 Å². The molecule has 0 bridgehead atoms. The molecule has 0 aliphatic rings. The Morgan fingerprint density at radius 2 is 0.534 bits per heavy atom. The summed E-state index contributed by atoms with van der Waals surface area (Å²) in [6.45, 7) is 6.42. The second-order valence-corrected chi connectivity index (χ2v) is 20.6. The van der Waals surface area contributed by atoms with Gasteiger partial charge >= 0.3 is 17.9 Å². The molecule has 0 fully saturated rings. The first-order chi connectivity index (χ1) is 36.0. The molecule has 6 nitrogen and oxygen atoms in total. The summed E-state index contributed by atoms with van der Waals surface area (Å²) in [5, 5.41) is 0. The Bertz CT molecular complexity index is 1400. The number of carbonyl (C=O) groups excluding carboxylic acids is 3. The normalized spacial score (nSPS) is 12.6. The third-order valence-electron chi connectivity index (χ3n) is 13.4. The Balaban J connectivity index is 3.91. The monoisotopic (exact) mass is 1020 g/mol. The van der Waals surface area contributed by atoms with Gasteiger partial charge in [0, 0.05) is 19.3 Å². The molecule has 0 N–H and O–H groups in total. The molecule has 0 saturated carbocycles. The van der Waals surface area contributed by atoms with Crippen molar-refractivity contribution in [1.29, 1.82) is 0 Å². The van der Waals surface area contributed by atoms with Crippen molar-refractivity contribution in [3.05, 3.63) is 85.1 Å². The van der Waals surface area contributed by atoms with E-state index in [0.717, 1.165) is 122 Å². The molecule has 0 amide bonds. The zero-order valence-corrected chi connectivity index (χ0v) is 48.1. The summed E-state index contributed by atoms with van der Waals surface area (Å²) in [4.78, 5) is 37.8. The van der Waals surface area contributed by atoms with Crippen LogP contribution in [-0.4, -0.2) is 37.2 Å². The lowest BCUT2D eigenvalue weighted by molar-refractivity contribution is -0.167. The minimum absolute atomic E-state index is 0.0785. The van der Waals surface area contributed by atoms with Crippen LogP contribution in [0.15, 0.2) is 85.1 Å². The van der Waals surface area contributed by atoms with Crippen LogP contribution in [0.3, 0.4) is 0 Å². The second-order valence-electron chi connectivity index (χ2n) is 20.6. The molecule has 0 aromatic rings. The van der Waals surface area contributed by atoms with Crippen molar-refractivity contribution in [3.63, 3.8) is 0 Å². The van der Waals surface area contributed by atoms with Gasteiger partial charge in [-0.1, -0.05) is 273 Å². The SMILES string of the molecule is CC/C=C\C/C=C\C/C=C\C/C=C\C/C=C\CCCCCCCCCCCCCCCCCCCCCC(=O)OCC(COC(=O)CCCCCCC)OC(=O)CCCCCCC/C=C\C/C=C\CCCCC. The van der Waals surface area contributed by atoms with E-state index in [1.165, 1.54) is 141 Å². The highest BCUT2D eigenvalue weighted by atomic mass is 16.6. The van der Waals surface area contributed by atoms with Crippen LogP contribution < -0.4 is 0 Å². The Hall–Kier alpha value is -3.41. The van der Waals surface area contributed by atoms with Crippen LogP contribution in [-0.2, 0) is 28.6 Å². The number of ether oxygens (including phenoxy) is 3. The van der Waals surface area contributed by atoms with Crippen molar-refractivity contribution in [3.8, 4) is 0 Å². The molecule has 0 aliphatic heterocycles. The lowest BCUT2D eigenvalue weighted by atomic mass is 10.0. The number of esters is 3. The lowest BCUT2D eigenvalue weighted by Crippen LogP contribution is -2.30. The predicted octanol–water partition coefficient (Wildman–Crippen LogP) is 21.1. The number of hydrogen-bond donors (Lipinski definition) is 0. The van der Waals surface area contributed by atoms with E-state index >= 15 is 0 Å². The summed E-state index contributed by atoms with van der Waals surface area (Å²) in [7, 11) is 0. The Morgan fingerprint density at radius 3 is 0.863 bits per heavy atom. The molecule has 0 radical (unpaired) electrons. The van der Waals surface area contributed by atoms with Gasteiger partial charge in [0.05, 0.1) is 0 Å². The van der Waals surface area contributed by atoms with Crippen molar-refractivity contribution in [2.45, 2.75) is 309 Å². The average molecular weight is 1020 g/mol. The third-order valence-corrected chi connectivity index (χ3v) is 13.4. The summed E-state index contributed by atoms with van der Waals surface area (Å²) in [6, 6.07) is 0. The highest BCUT2D eigenvalue weighted by Crippen LogP contribution is 2.17. The number of carbonyl (C=O) groups is 3. The molecule has 6 heteroatoms. The van der Waals surface area contributed by atoms with E-state index in [4.69, 9.17) is 14.2 Å². The molecule has 420 valence electrons. The van der Waals surface area contributed by atoms with Gasteiger partial charge in [-0.25, -0.2) is 0 Å². The van der Waals surface area contributed by atoms with Gasteiger partial charge < -0.3 is 14.2 Å². The zero-order valence-electron chi connectivity index (χ0n) is 48.1. The number of unbranched alkanes of at least 4 members (excludes halogenated alkanes) is 31. The van der Waals surface area contributed by atoms with E-state index in [1.807, 2.05) is 0 Å². The van der Waals surface area contributed by atoms with Crippen LogP contribution >= 0.6 is 0 Å². The molecule has 0 spiro atoms. The fourth-order valence-corrected chi connectivity index (χ4v) is 8.74. The van der Waals surface area contributed by atoms with E-state index in [9.17, 15) is 14.4 Å². The quantitative estimate of drug-likeness (QED) is 0.0261. The highest BCUT2D eigenvalue weighted by molar-refractivity contribution is 5.71. The average Bonchev–Trinajstić information content (AvgIpc) is 3.39. The first-order valence-corrected chi connectivity index (χ1v) is 31.1. The highest BCUT2D eigenvalue weighted by Gasteiger charge is 2.19. The Labute approximate surface area is 452 Å². The van der Waals surface area contributed by atoms with Gasteiger partial charge in [0.25, 0.3) is 0 Å². The Kier molecular flexibility index (Phi) is 58.3. The third kappa shape index (κ3) is 59.3.